The number of nitrogens with zero attached hydrogens (tertiary/aromatic N) is 4. The van der Waals surface area contributed by atoms with Crippen molar-refractivity contribution in [3.8, 4) is 17.2 Å². The quantitative estimate of drug-likeness (QED) is 0.535. The number of hydrogen-bond donors (Lipinski definition) is 0. The van der Waals surface area contributed by atoms with E-state index in [0.717, 1.165) is 60.4 Å². The summed E-state index contributed by atoms with van der Waals surface area (Å²) < 4.78 is 16.3. The lowest BCUT2D eigenvalue weighted by Gasteiger charge is -2.36. The molecular weight excluding hydrogens is 444 g/mol. The average molecular weight is 475 g/mol. The van der Waals surface area contributed by atoms with Gasteiger partial charge < -0.3 is 24.0 Å². The number of ether oxygens (including phenoxy) is 3. The molecule has 1 saturated heterocycles. The molecule has 3 aromatic rings. The first-order valence-corrected chi connectivity index (χ1v) is 11.8. The fourth-order valence-corrected chi connectivity index (χ4v) is 4.93. The lowest BCUT2D eigenvalue weighted by Crippen LogP contribution is -2.47. The van der Waals surface area contributed by atoms with E-state index in [2.05, 4.69) is 26.9 Å². The number of methoxy groups -OCH3 is 3. The van der Waals surface area contributed by atoms with Gasteiger partial charge in [0, 0.05) is 62.5 Å². The first-order valence-electron chi connectivity index (χ1n) is 11.8. The molecule has 1 aromatic heterocycles. The van der Waals surface area contributed by atoms with Gasteiger partial charge in [-0.1, -0.05) is 12.1 Å². The molecule has 0 radical (unpaired) electrons. The third-order valence-electron chi connectivity index (χ3n) is 6.89. The highest BCUT2D eigenvalue weighted by molar-refractivity contribution is 5.98. The standard InChI is InChI=1S/C27H30N4O4/c1-33-20-6-4-5-19(15-20)30-9-11-31(12-10-30)27-28-17-23-24(29-27)13-18(14-25(23)32)22-8-7-21(34-2)16-26(22)35-3/h4-8,15-18H,9-14H2,1-3H3. The maximum absolute atomic E-state index is 13.0. The lowest BCUT2D eigenvalue weighted by atomic mass is 9.82. The Hall–Kier alpha value is -3.81. The molecule has 0 saturated carbocycles. The van der Waals surface area contributed by atoms with E-state index in [1.165, 1.54) is 0 Å². The van der Waals surface area contributed by atoms with Crippen LogP contribution in [0.15, 0.2) is 48.7 Å². The molecule has 1 fully saturated rings. The number of carbonyl (C=O) groups excluding carboxylic acids is 1. The van der Waals surface area contributed by atoms with Crippen molar-refractivity contribution >= 4 is 17.4 Å². The summed E-state index contributed by atoms with van der Waals surface area (Å²) in [5.74, 6) is 3.08. The van der Waals surface area contributed by atoms with Crippen LogP contribution in [0.25, 0.3) is 0 Å². The van der Waals surface area contributed by atoms with E-state index in [1.807, 2.05) is 30.3 Å². The molecule has 2 aliphatic rings. The number of rotatable bonds is 6. The van der Waals surface area contributed by atoms with Gasteiger partial charge >= 0.3 is 0 Å². The number of ketones is 1. The molecule has 0 N–H and O–H groups in total. The van der Waals surface area contributed by atoms with Crippen molar-refractivity contribution < 1.29 is 19.0 Å². The fraction of sp³-hybridized carbons (Fsp3) is 0.370. The average Bonchev–Trinajstić information content (AvgIpc) is 2.92. The molecule has 1 atom stereocenters. The summed E-state index contributed by atoms with van der Waals surface area (Å²) >= 11 is 0. The van der Waals surface area contributed by atoms with Gasteiger partial charge in [-0.05, 0) is 30.2 Å². The Morgan fingerprint density at radius 3 is 2.34 bits per heavy atom. The normalized spacial score (nSPS) is 17.7. The molecule has 35 heavy (non-hydrogen) atoms. The third kappa shape index (κ3) is 4.60. The zero-order valence-electron chi connectivity index (χ0n) is 20.4. The SMILES string of the molecule is COc1cccc(N2CCN(c3ncc4c(n3)CC(c3ccc(OC)cc3OC)CC4=O)CC2)c1. The summed E-state index contributed by atoms with van der Waals surface area (Å²) in [5.41, 5.74) is 3.59. The minimum absolute atomic E-state index is 0.00325. The number of piperazine rings is 1. The maximum Gasteiger partial charge on any atom is 0.225 e. The van der Waals surface area contributed by atoms with E-state index in [4.69, 9.17) is 19.2 Å². The van der Waals surface area contributed by atoms with Crippen molar-refractivity contribution in [2.45, 2.75) is 18.8 Å². The van der Waals surface area contributed by atoms with E-state index < -0.39 is 0 Å². The molecular formula is C27H30N4O4. The predicted molar refractivity (Wildman–Crippen MR) is 134 cm³/mol. The molecule has 2 aromatic carbocycles. The topological polar surface area (TPSA) is 77.0 Å². The highest BCUT2D eigenvalue weighted by Crippen LogP contribution is 2.38. The Labute approximate surface area is 205 Å². The number of carbonyl (C=O) groups is 1. The summed E-state index contributed by atoms with van der Waals surface area (Å²) in [6.45, 7) is 3.33. The number of Topliss-reactive ketones (excluding diaryl/α,β-unsaturated/α-hetero) is 1. The summed E-state index contributed by atoms with van der Waals surface area (Å²) in [6, 6.07) is 13.9. The molecule has 2 heterocycles. The highest BCUT2D eigenvalue weighted by Gasteiger charge is 2.31. The summed E-state index contributed by atoms with van der Waals surface area (Å²) in [6.07, 6.45) is 2.79. The summed E-state index contributed by atoms with van der Waals surface area (Å²) in [5, 5.41) is 0. The van der Waals surface area contributed by atoms with Crippen LogP contribution in [0.3, 0.4) is 0 Å². The third-order valence-corrected chi connectivity index (χ3v) is 6.89. The van der Waals surface area contributed by atoms with Crippen molar-refractivity contribution in [3.05, 3.63) is 65.5 Å². The minimum Gasteiger partial charge on any atom is -0.497 e. The van der Waals surface area contributed by atoms with Crippen LogP contribution in [0.4, 0.5) is 11.6 Å². The van der Waals surface area contributed by atoms with Crippen LogP contribution in [0.1, 0.15) is 34.0 Å². The van der Waals surface area contributed by atoms with Crippen molar-refractivity contribution in [2.75, 3.05) is 57.3 Å². The van der Waals surface area contributed by atoms with Gasteiger partial charge in [-0.3, -0.25) is 4.79 Å². The van der Waals surface area contributed by atoms with Crippen molar-refractivity contribution in [1.29, 1.82) is 0 Å². The van der Waals surface area contributed by atoms with Gasteiger partial charge in [0.25, 0.3) is 0 Å². The zero-order valence-corrected chi connectivity index (χ0v) is 20.4. The first kappa shape index (κ1) is 23.0. The van der Waals surface area contributed by atoms with Gasteiger partial charge in [0.2, 0.25) is 5.95 Å². The fourth-order valence-electron chi connectivity index (χ4n) is 4.93. The summed E-state index contributed by atoms with van der Waals surface area (Å²) in [7, 11) is 4.95. The molecule has 0 bridgehead atoms. The molecule has 1 aliphatic heterocycles. The van der Waals surface area contributed by atoms with Crippen LogP contribution in [0.2, 0.25) is 0 Å². The first-order chi connectivity index (χ1) is 17.1. The van der Waals surface area contributed by atoms with Gasteiger partial charge in [0.1, 0.15) is 17.2 Å². The Kier molecular flexibility index (Phi) is 6.44. The highest BCUT2D eigenvalue weighted by atomic mass is 16.5. The van der Waals surface area contributed by atoms with Crippen LogP contribution in [-0.4, -0.2) is 63.3 Å². The van der Waals surface area contributed by atoms with Gasteiger partial charge in [-0.2, -0.15) is 0 Å². The van der Waals surface area contributed by atoms with Crippen molar-refractivity contribution in [2.24, 2.45) is 0 Å². The Morgan fingerprint density at radius 2 is 1.60 bits per heavy atom. The molecule has 1 aliphatic carbocycles. The number of anilines is 2. The second-order valence-electron chi connectivity index (χ2n) is 8.84. The molecule has 0 amide bonds. The van der Waals surface area contributed by atoms with Gasteiger partial charge in [-0.15, -0.1) is 0 Å². The van der Waals surface area contributed by atoms with E-state index in [0.29, 0.717) is 24.4 Å². The molecule has 5 rings (SSSR count). The Balaban J connectivity index is 1.33. The largest absolute Gasteiger partial charge is 0.497 e. The molecule has 1 unspecified atom stereocenters. The maximum atomic E-state index is 13.0. The van der Waals surface area contributed by atoms with Crippen molar-refractivity contribution in [1.82, 2.24) is 9.97 Å². The molecule has 8 heteroatoms. The van der Waals surface area contributed by atoms with Gasteiger partial charge in [0.15, 0.2) is 5.78 Å². The second-order valence-corrected chi connectivity index (χ2v) is 8.84. The monoisotopic (exact) mass is 474 g/mol. The van der Waals surface area contributed by atoms with Crippen LogP contribution in [-0.2, 0) is 6.42 Å². The van der Waals surface area contributed by atoms with E-state index in [-0.39, 0.29) is 11.7 Å². The molecule has 8 nitrogen and oxygen atoms in total. The minimum atomic E-state index is 0.00325. The lowest BCUT2D eigenvalue weighted by molar-refractivity contribution is 0.0962. The van der Waals surface area contributed by atoms with Crippen LogP contribution in [0, 0.1) is 0 Å². The number of benzene rings is 2. The summed E-state index contributed by atoms with van der Waals surface area (Å²) in [4.78, 5) is 26.9. The van der Waals surface area contributed by atoms with Crippen LogP contribution in [0.5, 0.6) is 17.2 Å². The van der Waals surface area contributed by atoms with E-state index in [9.17, 15) is 4.79 Å². The van der Waals surface area contributed by atoms with Crippen LogP contribution >= 0.6 is 0 Å². The number of hydrogen-bond acceptors (Lipinski definition) is 8. The number of fused-ring (bicyclic) bond motifs is 1. The van der Waals surface area contributed by atoms with E-state index >= 15 is 0 Å². The zero-order chi connectivity index (χ0) is 24.4. The van der Waals surface area contributed by atoms with Crippen molar-refractivity contribution in [3.63, 3.8) is 0 Å². The number of aromatic nitrogens is 2. The van der Waals surface area contributed by atoms with Gasteiger partial charge in [-0.25, -0.2) is 9.97 Å². The van der Waals surface area contributed by atoms with Gasteiger partial charge in [0.05, 0.1) is 32.6 Å². The Morgan fingerprint density at radius 1 is 0.857 bits per heavy atom. The Bertz CT molecular complexity index is 1220. The van der Waals surface area contributed by atoms with Crippen LogP contribution < -0.4 is 24.0 Å². The molecule has 0 spiro atoms. The predicted octanol–water partition coefficient (Wildman–Crippen LogP) is 3.74. The molecule has 182 valence electrons. The van der Waals surface area contributed by atoms with E-state index in [1.54, 1.807) is 27.5 Å². The second kappa shape index (κ2) is 9.82. The smallest absolute Gasteiger partial charge is 0.225 e.